The Bertz CT molecular complexity index is 1090. The van der Waals surface area contributed by atoms with Gasteiger partial charge in [0.15, 0.2) is 0 Å². The van der Waals surface area contributed by atoms with Crippen molar-refractivity contribution in [2.75, 3.05) is 19.7 Å². The van der Waals surface area contributed by atoms with Crippen LogP contribution in [0.1, 0.15) is 83.0 Å². The number of aryl methyl sites for hydroxylation is 1. The molecule has 0 radical (unpaired) electrons. The van der Waals surface area contributed by atoms with Gasteiger partial charge in [-0.15, -0.1) is 0 Å². The number of aromatic nitrogens is 1. The highest BCUT2D eigenvalue weighted by Crippen LogP contribution is 2.27. The molecule has 0 unspecified atom stereocenters. The number of ketones is 1. The third-order valence-corrected chi connectivity index (χ3v) is 6.36. The molecule has 1 aromatic carbocycles. The van der Waals surface area contributed by atoms with E-state index >= 15 is 0 Å². The number of pyridine rings is 1. The van der Waals surface area contributed by atoms with Crippen LogP contribution < -0.4 is 5.32 Å². The smallest absolute Gasteiger partial charge is 0.338 e. The Morgan fingerprint density at radius 2 is 1.78 bits per heavy atom. The van der Waals surface area contributed by atoms with Crippen molar-refractivity contribution in [3.63, 3.8) is 0 Å². The number of benzene rings is 1. The minimum absolute atomic E-state index is 0.0249. The number of hydrogen-bond acceptors (Lipinski definition) is 4. The maximum absolute atomic E-state index is 13.6. The molecule has 0 spiro atoms. The van der Waals surface area contributed by atoms with Crippen LogP contribution in [0.2, 0.25) is 0 Å². The first kappa shape index (κ1) is 22.3. The molecule has 1 N–H and O–H groups in total. The molecule has 0 saturated carbocycles. The summed E-state index contributed by atoms with van der Waals surface area (Å²) in [5, 5.41) is 3.40. The number of esters is 1. The fourth-order valence-corrected chi connectivity index (χ4v) is 4.59. The molecule has 1 saturated heterocycles. The van der Waals surface area contributed by atoms with Gasteiger partial charge in [0, 0.05) is 17.3 Å². The zero-order chi connectivity index (χ0) is 22.5. The quantitative estimate of drug-likeness (QED) is 0.395. The van der Waals surface area contributed by atoms with E-state index in [0.29, 0.717) is 29.3 Å². The van der Waals surface area contributed by atoms with E-state index in [1.54, 1.807) is 13.0 Å². The minimum atomic E-state index is -0.340. The SMILES string of the molecule is CCCCc1cc2cc(C(=O)OCC)ccn2c1C(=O)c1ccc(C2CCNCC2)cc1. The first-order valence-corrected chi connectivity index (χ1v) is 11.8. The molecule has 1 aliphatic rings. The molecule has 0 atom stereocenters. The van der Waals surface area contributed by atoms with Crippen molar-refractivity contribution in [2.45, 2.75) is 51.9 Å². The highest BCUT2D eigenvalue weighted by molar-refractivity contribution is 6.09. The molecule has 0 bridgehead atoms. The molecule has 5 heteroatoms. The summed E-state index contributed by atoms with van der Waals surface area (Å²) in [5.74, 6) is 0.250. The first-order chi connectivity index (χ1) is 15.6. The third-order valence-electron chi connectivity index (χ3n) is 6.36. The van der Waals surface area contributed by atoms with Crippen LogP contribution in [-0.4, -0.2) is 35.8 Å². The molecule has 168 valence electrons. The van der Waals surface area contributed by atoms with Crippen LogP contribution >= 0.6 is 0 Å². The molecule has 1 aliphatic heterocycles. The van der Waals surface area contributed by atoms with E-state index in [-0.39, 0.29) is 11.8 Å². The minimum Gasteiger partial charge on any atom is -0.462 e. The van der Waals surface area contributed by atoms with E-state index in [9.17, 15) is 9.59 Å². The summed E-state index contributed by atoms with van der Waals surface area (Å²) in [6.45, 7) is 6.38. The summed E-state index contributed by atoms with van der Waals surface area (Å²) in [7, 11) is 0. The van der Waals surface area contributed by atoms with Gasteiger partial charge in [-0.1, -0.05) is 37.6 Å². The van der Waals surface area contributed by atoms with E-state index in [0.717, 1.165) is 56.3 Å². The second kappa shape index (κ2) is 10.1. The largest absolute Gasteiger partial charge is 0.462 e. The summed E-state index contributed by atoms with van der Waals surface area (Å²) in [6, 6.07) is 13.7. The van der Waals surface area contributed by atoms with E-state index in [2.05, 4.69) is 24.4 Å². The van der Waals surface area contributed by atoms with E-state index in [1.807, 2.05) is 34.9 Å². The van der Waals surface area contributed by atoms with E-state index in [1.165, 1.54) is 5.56 Å². The molecule has 4 rings (SSSR count). The maximum Gasteiger partial charge on any atom is 0.338 e. The molecule has 2 aromatic heterocycles. The topological polar surface area (TPSA) is 59.8 Å². The summed E-state index contributed by atoms with van der Waals surface area (Å²) < 4.78 is 7.05. The highest BCUT2D eigenvalue weighted by atomic mass is 16.5. The molecular weight excluding hydrogens is 400 g/mol. The lowest BCUT2D eigenvalue weighted by Crippen LogP contribution is -2.26. The van der Waals surface area contributed by atoms with Crippen molar-refractivity contribution in [2.24, 2.45) is 0 Å². The van der Waals surface area contributed by atoms with Gasteiger partial charge >= 0.3 is 5.97 Å². The first-order valence-electron chi connectivity index (χ1n) is 11.8. The lowest BCUT2D eigenvalue weighted by atomic mass is 9.89. The van der Waals surface area contributed by atoms with Crippen LogP contribution in [0, 0.1) is 0 Å². The molecule has 1 fully saturated rings. The Balaban J connectivity index is 1.67. The zero-order valence-corrected chi connectivity index (χ0v) is 19.0. The average Bonchev–Trinajstić information content (AvgIpc) is 3.20. The lowest BCUT2D eigenvalue weighted by molar-refractivity contribution is 0.0526. The van der Waals surface area contributed by atoms with Crippen LogP contribution in [0.5, 0.6) is 0 Å². The number of rotatable bonds is 8. The number of carbonyl (C=O) groups excluding carboxylic acids is 2. The van der Waals surface area contributed by atoms with Crippen LogP contribution in [0.4, 0.5) is 0 Å². The molecular formula is C27H32N2O3. The maximum atomic E-state index is 13.6. The van der Waals surface area contributed by atoms with Crippen molar-refractivity contribution >= 4 is 17.3 Å². The zero-order valence-electron chi connectivity index (χ0n) is 19.0. The number of fused-ring (bicyclic) bond motifs is 1. The normalized spacial score (nSPS) is 14.6. The Labute approximate surface area is 189 Å². The van der Waals surface area contributed by atoms with Gasteiger partial charge < -0.3 is 14.5 Å². The van der Waals surface area contributed by atoms with Gasteiger partial charge in [-0.3, -0.25) is 4.79 Å². The summed E-state index contributed by atoms with van der Waals surface area (Å²) in [4.78, 5) is 25.8. The van der Waals surface area contributed by atoms with Gasteiger partial charge in [-0.05, 0) is 80.9 Å². The second-order valence-electron chi connectivity index (χ2n) is 8.53. The predicted octanol–water partition coefficient (Wildman–Crippen LogP) is 5.16. The predicted molar refractivity (Wildman–Crippen MR) is 127 cm³/mol. The molecule has 32 heavy (non-hydrogen) atoms. The van der Waals surface area contributed by atoms with Gasteiger partial charge in [-0.25, -0.2) is 4.79 Å². The Morgan fingerprint density at radius 3 is 2.47 bits per heavy atom. The fourth-order valence-electron chi connectivity index (χ4n) is 4.59. The summed E-state index contributed by atoms with van der Waals surface area (Å²) in [6.07, 6.45) is 6.99. The van der Waals surface area contributed by atoms with Gasteiger partial charge in [0.1, 0.15) is 0 Å². The Morgan fingerprint density at radius 1 is 1.03 bits per heavy atom. The highest BCUT2D eigenvalue weighted by Gasteiger charge is 2.21. The lowest BCUT2D eigenvalue weighted by Gasteiger charge is -2.23. The van der Waals surface area contributed by atoms with Crippen molar-refractivity contribution in [1.82, 2.24) is 9.72 Å². The van der Waals surface area contributed by atoms with E-state index in [4.69, 9.17) is 4.74 Å². The summed E-state index contributed by atoms with van der Waals surface area (Å²) in [5.41, 5.74) is 5.09. The summed E-state index contributed by atoms with van der Waals surface area (Å²) >= 11 is 0. The van der Waals surface area contributed by atoms with Crippen molar-refractivity contribution in [3.05, 3.63) is 76.6 Å². The van der Waals surface area contributed by atoms with Gasteiger partial charge in [-0.2, -0.15) is 0 Å². The second-order valence-corrected chi connectivity index (χ2v) is 8.53. The number of carbonyl (C=O) groups is 2. The van der Waals surface area contributed by atoms with E-state index < -0.39 is 0 Å². The van der Waals surface area contributed by atoms with Gasteiger partial charge in [0.05, 0.1) is 17.9 Å². The van der Waals surface area contributed by atoms with Crippen LogP contribution in [0.25, 0.3) is 5.52 Å². The third kappa shape index (κ3) is 4.63. The number of unbranched alkanes of at least 4 members (excludes halogenated alkanes) is 1. The van der Waals surface area contributed by atoms with Crippen molar-refractivity contribution < 1.29 is 14.3 Å². The van der Waals surface area contributed by atoms with Crippen molar-refractivity contribution in [1.29, 1.82) is 0 Å². The van der Waals surface area contributed by atoms with Crippen LogP contribution in [0.15, 0.2) is 48.7 Å². The van der Waals surface area contributed by atoms with Gasteiger partial charge in [0.2, 0.25) is 5.78 Å². The van der Waals surface area contributed by atoms with Crippen LogP contribution in [-0.2, 0) is 11.2 Å². The Kier molecular flexibility index (Phi) is 7.05. The standard InChI is InChI=1S/C27H32N2O3/c1-3-5-6-22-17-24-18-23(27(31)32-4-2)13-16-29(24)25(22)26(30)21-9-7-19(8-10-21)20-11-14-28-15-12-20/h7-10,13,16-18,20,28H,3-6,11-12,14-15H2,1-2H3. The molecule has 3 heterocycles. The van der Waals surface area contributed by atoms with Crippen molar-refractivity contribution in [3.8, 4) is 0 Å². The average molecular weight is 433 g/mol. The number of hydrogen-bond donors (Lipinski definition) is 1. The molecule has 3 aromatic rings. The Hall–Kier alpha value is -2.92. The molecule has 5 nitrogen and oxygen atoms in total. The van der Waals surface area contributed by atoms with Gasteiger partial charge in [0.25, 0.3) is 0 Å². The number of piperidine rings is 1. The molecule has 0 aliphatic carbocycles. The number of nitrogens with one attached hydrogen (secondary N) is 1. The fraction of sp³-hybridized carbons (Fsp3) is 0.407. The van der Waals surface area contributed by atoms with Crippen LogP contribution in [0.3, 0.4) is 0 Å². The number of ether oxygens (including phenoxy) is 1. The number of nitrogens with zero attached hydrogens (tertiary/aromatic N) is 1. The monoisotopic (exact) mass is 432 g/mol. The molecule has 0 amide bonds.